The van der Waals surface area contributed by atoms with Gasteiger partial charge in [0.25, 0.3) is 0 Å². The summed E-state index contributed by atoms with van der Waals surface area (Å²) in [6.45, 7) is 1.73. The molecular weight excluding hydrogens is 282 g/mol. The van der Waals surface area contributed by atoms with Crippen LogP contribution in [-0.2, 0) is 4.74 Å². The summed E-state index contributed by atoms with van der Waals surface area (Å²) in [6, 6.07) is 10.6. The summed E-state index contributed by atoms with van der Waals surface area (Å²) in [5.74, 6) is -0.111. The van der Waals surface area contributed by atoms with E-state index in [2.05, 4.69) is 19.7 Å². The molecule has 3 rings (SSSR count). The minimum absolute atomic E-state index is 0.0668. The lowest BCUT2D eigenvalue weighted by molar-refractivity contribution is 0.0594. The van der Waals surface area contributed by atoms with E-state index < -0.39 is 5.97 Å². The zero-order chi connectivity index (χ0) is 15.7. The summed E-state index contributed by atoms with van der Waals surface area (Å²) in [6.07, 6.45) is 0. The lowest BCUT2D eigenvalue weighted by Gasteiger charge is -2.08. The molecule has 0 aliphatic rings. The molecule has 1 aromatic carbocycles. The van der Waals surface area contributed by atoms with Gasteiger partial charge in [0, 0.05) is 11.6 Å². The van der Waals surface area contributed by atoms with Gasteiger partial charge in [-0.3, -0.25) is 4.79 Å². The molecule has 0 bridgehead atoms. The van der Waals surface area contributed by atoms with E-state index in [0.717, 1.165) is 5.56 Å². The maximum absolute atomic E-state index is 12.4. The molecule has 0 amide bonds. The van der Waals surface area contributed by atoms with E-state index >= 15 is 0 Å². The van der Waals surface area contributed by atoms with Gasteiger partial charge in [0.05, 0.1) is 18.2 Å². The number of nitrogens with one attached hydrogen (secondary N) is 1. The maximum Gasteiger partial charge on any atom is 0.354 e. The summed E-state index contributed by atoms with van der Waals surface area (Å²) >= 11 is 0. The van der Waals surface area contributed by atoms with Crippen molar-refractivity contribution in [3.63, 3.8) is 0 Å². The van der Waals surface area contributed by atoms with Crippen molar-refractivity contribution < 1.29 is 9.53 Å². The van der Waals surface area contributed by atoms with Crippen molar-refractivity contribution in [1.82, 2.24) is 15.0 Å². The molecular formula is C16H13N3O3. The highest BCUT2D eigenvalue weighted by Gasteiger charge is 2.15. The highest BCUT2D eigenvalue weighted by Crippen LogP contribution is 2.22. The Balaban J connectivity index is 2.36. The van der Waals surface area contributed by atoms with Crippen LogP contribution in [-0.4, -0.2) is 28.0 Å². The van der Waals surface area contributed by atoms with Crippen LogP contribution < -0.4 is 5.43 Å². The second-order valence-corrected chi connectivity index (χ2v) is 4.75. The summed E-state index contributed by atoms with van der Waals surface area (Å²) in [7, 11) is 1.26. The number of ether oxygens (including phenoxy) is 1. The van der Waals surface area contributed by atoms with E-state index in [1.807, 2.05) is 30.3 Å². The van der Waals surface area contributed by atoms with E-state index in [9.17, 15) is 9.59 Å². The minimum Gasteiger partial charge on any atom is -0.464 e. The van der Waals surface area contributed by atoms with Crippen LogP contribution in [0, 0.1) is 6.92 Å². The lowest BCUT2D eigenvalue weighted by atomic mass is 10.1. The van der Waals surface area contributed by atoms with Gasteiger partial charge in [-0.2, -0.15) is 0 Å². The number of rotatable bonds is 2. The van der Waals surface area contributed by atoms with Crippen molar-refractivity contribution in [2.75, 3.05) is 7.11 Å². The average Bonchev–Trinajstić information content (AvgIpc) is 2.53. The fraction of sp³-hybridized carbons (Fsp3) is 0.125. The summed E-state index contributed by atoms with van der Waals surface area (Å²) < 4.78 is 4.63. The first-order chi connectivity index (χ1) is 10.6. The molecule has 110 valence electrons. The Labute approximate surface area is 125 Å². The van der Waals surface area contributed by atoms with Gasteiger partial charge in [-0.15, -0.1) is 0 Å². The van der Waals surface area contributed by atoms with Crippen molar-refractivity contribution in [2.45, 2.75) is 6.92 Å². The van der Waals surface area contributed by atoms with Gasteiger partial charge in [0.15, 0.2) is 5.43 Å². The molecule has 0 aliphatic heterocycles. The Morgan fingerprint density at radius 3 is 2.59 bits per heavy atom. The number of esters is 1. The Kier molecular flexibility index (Phi) is 3.42. The monoisotopic (exact) mass is 295 g/mol. The summed E-state index contributed by atoms with van der Waals surface area (Å²) in [5.41, 5.74) is 1.42. The molecule has 22 heavy (non-hydrogen) atoms. The topological polar surface area (TPSA) is 84.9 Å². The number of pyridine rings is 1. The molecule has 0 spiro atoms. The Morgan fingerprint density at radius 1 is 1.18 bits per heavy atom. The van der Waals surface area contributed by atoms with E-state index in [1.54, 1.807) is 6.92 Å². The molecule has 0 unspecified atom stereocenters. The van der Waals surface area contributed by atoms with Crippen LogP contribution in [0.5, 0.6) is 0 Å². The molecule has 0 fully saturated rings. The number of carbonyl (C=O) groups excluding carboxylic acids is 1. The van der Waals surface area contributed by atoms with Gasteiger partial charge in [0.2, 0.25) is 0 Å². The fourth-order valence-corrected chi connectivity index (χ4v) is 2.29. The molecule has 0 radical (unpaired) electrons. The van der Waals surface area contributed by atoms with Crippen molar-refractivity contribution in [3.05, 3.63) is 58.1 Å². The standard InChI is InChI=1S/C16H13N3O3/c1-9-17-14(10-6-4-3-5-7-10)13-12(20)8-11(16(21)22-2)19-15(13)18-9/h3-8H,1-2H3,(H,17,18,19,20). The number of carbonyl (C=O) groups is 1. The molecule has 3 aromatic rings. The molecule has 1 N–H and O–H groups in total. The van der Waals surface area contributed by atoms with Gasteiger partial charge < -0.3 is 9.72 Å². The Bertz CT molecular complexity index is 917. The Morgan fingerprint density at radius 2 is 1.91 bits per heavy atom. The Hall–Kier alpha value is -3.02. The molecule has 0 atom stereocenters. The molecule has 6 nitrogen and oxygen atoms in total. The number of nitrogens with zero attached hydrogens (tertiary/aromatic N) is 2. The third kappa shape index (κ3) is 2.35. The van der Waals surface area contributed by atoms with Gasteiger partial charge in [-0.05, 0) is 6.92 Å². The van der Waals surface area contributed by atoms with Gasteiger partial charge in [0.1, 0.15) is 17.2 Å². The lowest BCUT2D eigenvalue weighted by Crippen LogP contribution is -2.14. The predicted octanol–water partition coefficient (Wildman–Crippen LogP) is 2.08. The number of aromatic amines is 1. The van der Waals surface area contributed by atoms with Crippen LogP contribution in [0.4, 0.5) is 0 Å². The van der Waals surface area contributed by atoms with Gasteiger partial charge in [-0.1, -0.05) is 30.3 Å². The zero-order valence-electron chi connectivity index (χ0n) is 12.1. The summed E-state index contributed by atoms with van der Waals surface area (Å²) in [5, 5.41) is 0.351. The van der Waals surface area contributed by atoms with Gasteiger partial charge >= 0.3 is 5.97 Å². The minimum atomic E-state index is -0.614. The number of fused-ring (bicyclic) bond motifs is 1. The predicted molar refractivity (Wildman–Crippen MR) is 81.7 cm³/mol. The van der Waals surface area contributed by atoms with Gasteiger partial charge in [-0.25, -0.2) is 14.8 Å². The third-order valence-electron chi connectivity index (χ3n) is 3.25. The molecule has 2 heterocycles. The quantitative estimate of drug-likeness (QED) is 0.732. The summed E-state index contributed by atoms with van der Waals surface area (Å²) in [4.78, 5) is 35.5. The number of aromatic nitrogens is 3. The van der Waals surface area contributed by atoms with E-state index in [4.69, 9.17) is 0 Å². The largest absolute Gasteiger partial charge is 0.464 e. The van der Waals surface area contributed by atoms with Crippen LogP contribution in [0.25, 0.3) is 22.3 Å². The number of benzene rings is 1. The molecule has 2 aromatic heterocycles. The highest BCUT2D eigenvalue weighted by molar-refractivity contribution is 5.94. The van der Waals surface area contributed by atoms with Crippen LogP contribution in [0.1, 0.15) is 16.3 Å². The number of hydrogen-bond donors (Lipinski definition) is 1. The van der Waals surface area contributed by atoms with E-state index in [0.29, 0.717) is 22.6 Å². The first-order valence-electron chi connectivity index (χ1n) is 6.65. The zero-order valence-corrected chi connectivity index (χ0v) is 12.1. The van der Waals surface area contributed by atoms with Crippen molar-refractivity contribution in [1.29, 1.82) is 0 Å². The maximum atomic E-state index is 12.4. The van der Waals surface area contributed by atoms with E-state index in [-0.39, 0.29) is 11.1 Å². The molecule has 6 heteroatoms. The van der Waals surface area contributed by atoms with Crippen molar-refractivity contribution in [3.8, 4) is 11.3 Å². The number of H-pyrrole nitrogens is 1. The number of hydrogen-bond acceptors (Lipinski definition) is 5. The first-order valence-corrected chi connectivity index (χ1v) is 6.65. The van der Waals surface area contributed by atoms with Crippen LogP contribution in [0.2, 0.25) is 0 Å². The number of methoxy groups -OCH3 is 1. The smallest absolute Gasteiger partial charge is 0.354 e. The third-order valence-corrected chi connectivity index (χ3v) is 3.25. The van der Waals surface area contributed by atoms with Crippen molar-refractivity contribution in [2.24, 2.45) is 0 Å². The first kappa shape index (κ1) is 13.9. The second-order valence-electron chi connectivity index (χ2n) is 4.75. The fourth-order valence-electron chi connectivity index (χ4n) is 2.29. The van der Waals surface area contributed by atoms with Crippen molar-refractivity contribution >= 4 is 17.0 Å². The molecule has 0 aliphatic carbocycles. The normalized spacial score (nSPS) is 10.6. The van der Waals surface area contributed by atoms with Crippen LogP contribution in [0.15, 0.2) is 41.2 Å². The van der Waals surface area contributed by atoms with E-state index in [1.165, 1.54) is 13.2 Å². The number of aryl methyl sites for hydroxylation is 1. The second kappa shape index (κ2) is 5.40. The average molecular weight is 295 g/mol. The highest BCUT2D eigenvalue weighted by atomic mass is 16.5. The molecule has 0 saturated heterocycles. The van der Waals surface area contributed by atoms with Crippen LogP contribution >= 0.6 is 0 Å². The van der Waals surface area contributed by atoms with Crippen LogP contribution in [0.3, 0.4) is 0 Å². The molecule has 0 saturated carbocycles. The SMILES string of the molecule is COC(=O)c1cc(=O)c2c(-c3ccccc3)nc(C)nc2[nH]1.